The average molecular weight is 283 g/mol. The highest BCUT2D eigenvalue weighted by atomic mass is 16.4. The van der Waals surface area contributed by atoms with E-state index in [1.807, 2.05) is 0 Å². The van der Waals surface area contributed by atoms with Crippen molar-refractivity contribution in [1.82, 2.24) is 5.32 Å². The van der Waals surface area contributed by atoms with Gasteiger partial charge in [0, 0.05) is 13.0 Å². The third-order valence-electron chi connectivity index (χ3n) is 2.74. The first kappa shape index (κ1) is 15.9. The quantitative estimate of drug-likeness (QED) is 0.319. The van der Waals surface area contributed by atoms with E-state index in [1.165, 1.54) is 24.3 Å². The molecule has 0 aromatic heterocycles. The zero-order valence-corrected chi connectivity index (χ0v) is 10.6. The van der Waals surface area contributed by atoms with E-state index in [1.54, 1.807) is 0 Å². The summed E-state index contributed by atoms with van der Waals surface area (Å²) in [6.45, 7) is -0.327. The van der Waals surface area contributed by atoms with Crippen molar-refractivity contribution in [3.8, 4) is 5.75 Å². The Hall–Kier alpha value is -2.16. The molecule has 0 spiro atoms. The van der Waals surface area contributed by atoms with Gasteiger partial charge in [0.25, 0.3) is 5.91 Å². The molecule has 1 rings (SSSR count). The second-order valence-electron chi connectivity index (χ2n) is 4.39. The van der Waals surface area contributed by atoms with Crippen molar-refractivity contribution < 1.29 is 24.9 Å². The van der Waals surface area contributed by atoms with Crippen molar-refractivity contribution in [3.63, 3.8) is 0 Å². The van der Waals surface area contributed by atoms with Crippen LogP contribution in [0.15, 0.2) is 24.3 Å². The standard InChI is InChI=1S/C12H17N3O5/c13-9(10(17)18)6-15-12(20,11(14)19)5-7-1-3-8(16)4-2-7/h1-4,9,15-16,20H,5-6,13H2,(H2,14,19)(H,17,18)/t9?,12-/m0/s1. The first-order valence-electron chi connectivity index (χ1n) is 5.78. The number of nitrogens with two attached hydrogens (primary N) is 2. The predicted molar refractivity (Wildman–Crippen MR) is 69.6 cm³/mol. The molecule has 8 nitrogen and oxygen atoms in total. The van der Waals surface area contributed by atoms with Crippen LogP contribution in [0.25, 0.3) is 0 Å². The molecule has 2 atom stereocenters. The smallest absolute Gasteiger partial charge is 0.321 e. The number of aliphatic carboxylic acids is 1. The van der Waals surface area contributed by atoms with E-state index < -0.39 is 23.6 Å². The maximum atomic E-state index is 11.3. The molecule has 20 heavy (non-hydrogen) atoms. The molecule has 0 saturated heterocycles. The van der Waals surface area contributed by atoms with Gasteiger partial charge >= 0.3 is 5.97 Å². The highest BCUT2D eigenvalue weighted by Crippen LogP contribution is 2.15. The maximum absolute atomic E-state index is 11.3. The Labute approximate surface area is 115 Å². The second-order valence-corrected chi connectivity index (χ2v) is 4.39. The summed E-state index contributed by atoms with van der Waals surface area (Å²) in [4.78, 5) is 21.9. The molecule has 0 aliphatic rings. The summed E-state index contributed by atoms with van der Waals surface area (Å²) in [5, 5.41) is 30.3. The lowest BCUT2D eigenvalue weighted by atomic mass is 10.0. The molecular weight excluding hydrogens is 266 g/mol. The van der Waals surface area contributed by atoms with E-state index in [9.17, 15) is 14.7 Å². The number of benzene rings is 1. The fourth-order valence-corrected chi connectivity index (χ4v) is 1.51. The molecule has 8 heteroatoms. The highest BCUT2D eigenvalue weighted by molar-refractivity contribution is 5.83. The third-order valence-corrected chi connectivity index (χ3v) is 2.74. The summed E-state index contributed by atoms with van der Waals surface area (Å²) < 4.78 is 0. The first-order valence-corrected chi connectivity index (χ1v) is 5.78. The molecule has 0 fully saturated rings. The van der Waals surface area contributed by atoms with Crippen LogP contribution >= 0.6 is 0 Å². The number of carbonyl (C=O) groups is 2. The van der Waals surface area contributed by atoms with Crippen LogP contribution in [0, 0.1) is 0 Å². The third kappa shape index (κ3) is 4.19. The van der Waals surface area contributed by atoms with Crippen LogP contribution in [-0.2, 0) is 16.0 Å². The molecule has 0 saturated carbocycles. The summed E-state index contributed by atoms with van der Waals surface area (Å²) in [5.74, 6) is -2.28. The van der Waals surface area contributed by atoms with Crippen LogP contribution < -0.4 is 16.8 Å². The molecule has 1 aromatic rings. The Bertz CT molecular complexity index is 490. The van der Waals surface area contributed by atoms with Crippen LogP contribution in [0.5, 0.6) is 5.75 Å². The van der Waals surface area contributed by atoms with E-state index in [4.69, 9.17) is 21.7 Å². The lowest BCUT2D eigenvalue weighted by molar-refractivity contribution is -0.143. The van der Waals surface area contributed by atoms with Gasteiger partial charge in [-0.05, 0) is 17.7 Å². The van der Waals surface area contributed by atoms with Gasteiger partial charge < -0.3 is 26.8 Å². The number of carbonyl (C=O) groups excluding carboxylic acids is 1. The number of hydrogen-bond acceptors (Lipinski definition) is 6. The van der Waals surface area contributed by atoms with Crippen LogP contribution in [0.1, 0.15) is 5.56 Å². The highest BCUT2D eigenvalue weighted by Gasteiger charge is 2.34. The summed E-state index contributed by atoms with van der Waals surface area (Å²) in [6.07, 6.45) is -0.186. The topological polar surface area (TPSA) is 159 Å². The minimum atomic E-state index is -2.12. The fourth-order valence-electron chi connectivity index (χ4n) is 1.51. The predicted octanol–water partition coefficient (Wildman–Crippen LogP) is -1.89. The molecule has 1 aromatic carbocycles. The Morgan fingerprint density at radius 3 is 2.30 bits per heavy atom. The molecule has 0 aliphatic heterocycles. The Morgan fingerprint density at radius 2 is 1.85 bits per heavy atom. The minimum Gasteiger partial charge on any atom is -0.508 e. The van der Waals surface area contributed by atoms with E-state index in [2.05, 4.69) is 5.32 Å². The molecule has 110 valence electrons. The molecular formula is C12H17N3O5. The number of aromatic hydroxyl groups is 1. The summed E-state index contributed by atoms with van der Waals surface area (Å²) in [6, 6.07) is 4.50. The van der Waals surface area contributed by atoms with Crippen LogP contribution in [0.2, 0.25) is 0 Å². The number of carboxylic acid groups (broad SMARTS) is 1. The lowest BCUT2D eigenvalue weighted by Crippen LogP contribution is -2.60. The van der Waals surface area contributed by atoms with Gasteiger partial charge in [0.1, 0.15) is 11.8 Å². The van der Waals surface area contributed by atoms with Gasteiger partial charge in [0.05, 0.1) is 0 Å². The number of hydrogen-bond donors (Lipinski definition) is 6. The SMILES string of the molecule is NC(=O)[C@@](O)(Cc1ccc(O)cc1)NCC(N)C(=O)O. The largest absolute Gasteiger partial charge is 0.508 e. The molecule has 0 aliphatic carbocycles. The summed E-state index contributed by atoms with van der Waals surface area (Å²) in [7, 11) is 0. The van der Waals surface area contributed by atoms with Gasteiger partial charge in [-0.2, -0.15) is 0 Å². The molecule has 1 unspecified atom stereocenters. The van der Waals surface area contributed by atoms with E-state index in [0.717, 1.165) is 0 Å². The second kappa shape index (κ2) is 6.33. The number of phenols is 1. The number of rotatable bonds is 7. The Balaban J connectivity index is 2.78. The number of amides is 1. The van der Waals surface area contributed by atoms with E-state index in [-0.39, 0.29) is 18.7 Å². The van der Waals surface area contributed by atoms with Crippen LogP contribution in [0.4, 0.5) is 0 Å². The monoisotopic (exact) mass is 283 g/mol. The lowest BCUT2D eigenvalue weighted by Gasteiger charge is -2.27. The Kier molecular flexibility index (Phi) is 5.03. The molecule has 0 bridgehead atoms. The van der Waals surface area contributed by atoms with Crippen molar-refractivity contribution in [3.05, 3.63) is 29.8 Å². The van der Waals surface area contributed by atoms with E-state index >= 15 is 0 Å². The Morgan fingerprint density at radius 1 is 1.30 bits per heavy atom. The van der Waals surface area contributed by atoms with Crippen molar-refractivity contribution in [2.45, 2.75) is 18.2 Å². The van der Waals surface area contributed by atoms with Crippen molar-refractivity contribution in [1.29, 1.82) is 0 Å². The number of carboxylic acids is 1. The van der Waals surface area contributed by atoms with Crippen LogP contribution in [0.3, 0.4) is 0 Å². The first-order chi connectivity index (χ1) is 9.24. The molecule has 1 amide bonds. The van der Waals surface area contributed by atoms with Crippen LogP contribution in [-0.4, -0.2) is 45.5 Å². The molecule has 8 N–H and O–H groups in total. The van der Waals surface area contributed by atoms with Crippen molar-refractivity contribution >= 4 is 11.9 Å². The zero-order valence-electron chi connectivity index (χ0n) is 10.6. The molecule has 0 heterocycles. The summed E-state index contributed by atoms with van der Waals surface area (Å²) in [5.41, 5.74) is 8.81. The van der Waals surface area contributed by atoms with Gasteiger partial charge in [-0.3, -0.25) is 14.9 Å². The number of phenolic OH excluding ortho intramolecular Hbond substituents is 1. The number of aliphatic hydroxyl groups is 1. The number of nitrogens with one attached hydrogen (secondary N) is 1. The number of primary amides is 1. The van der Waals surface area contributed by atoms with Gasteiger partial charge in [0.15, 0.2) is 5.72 Å². The average Bonchev–Trinajstić information content (AvgIpc) is 2.38. The van der Waals surface area contributed by atoms with Gasteiger partial charge in [0.2, 0.25) is 0 Å². The molecule has 0 radical (unpaired) electrons. The fraction of sp³-hybridized carbons (Fsp3) is 0.333. The van der Waals surface area contributed by atoms with Crippen molar-refractivity contribution in [2.75, 3.05) is 6.54 Å². The zero-order chi connectivity index (χ0) is 15.3. The van der Waals surface area contributed by atoms with Crippen molar-refractivity contribution in [2.24, 2.45) is 11.5 Å². The maximum Gasteiger partial charge on any atom is 0.321 e. The van der Waals surface area contributed by atoms with Gasteiger partial charge in [-0.15, -0.1) is 0 Å². The normalized spacial score (nSPS) is 15.3. The minimum absolute atomic E-state index is 0.0391. The van der Waals surface area contributed by atoms with Gasteiger partial charge in [-0.25, -0.2) is 0 Å². The van der Waals surface area contributed by atoms with Gasteiger partial charge in [-0.1, -0.05) is 12.1 Å². The van der Waals surface area contributed by atoms with E-state index in [0.29, 0.717) is 5.56 Å². The summed E-state index contributed by atoms with van der Waals surface area (Å²) >= 11 is 0.